The summed E-state index contributed by atoms with van der Waals surface area (Å²) in [7, 11) is 0. The highest BCUT2D eigenvalue weighted by atomic mass is 16.6. The molecular formula is C7H7N3O4. The Labute approximate surface area is 78.3 Å². The molecule has 1 aliphatic rings. The molecule has 1 aliphatic heterocycles. The fourth-order valence-electron chi connectivity index (χ4n) is 1.29. The number of fused-ring (bicyclic) bond motifs is 1. The van der Waals surface area contributed by atoms with Crippen molar-refractivity contribution >= 4 is 11.9 Å². The number of hydrogen-bond acceptors (Lipinski definition) is 5. The first-order valence-electron chi connectivity index (χ1n) is 4.01. The molecule has 0 unspecified atom stereocenters. The monoisotopic (exact) mass is 197 g/mol. The smallest absolute Gasteiger partial charge is 0.305 e. The molecule has 0 aliphatic carbocycles. The molecular weight excluding hydrogens is 190 g/mol. The number of nitrogens with zero attached hydrogens (tertiary/aromatic N) is 3. The van der Waals surface area contributed by atoms with Crippen molar-refractivity contribution in [2.45, 2.75) is 13.0 Å². The number of carbonyl (C=O) groups is 2. The average Bonchev–Trinajstić information content (AvgIpc) is 2.66. The van der Waals surface area contributed by atoms with Crippen LogP contribution in [0.3, 0.4) is 0 Å². The molecule has 7 nitrogen and oxygen atoms in total. The summed E-state index contributed by atoms with van der Waals surface area (Å²) in [5.74, 6) is -1.25. The van der Waals surface area contributed by atoms with Gasteiger partial charge in [-0.2, -0.15) is 0 Å². The molecule has 1 aromatic heterocycles. The minimum absolute atomic E-state index is 0.0762. The van der Waals surface area contributed by atoms with Gasteiger partial charge in [-0.1, -0.05) is 5.16 Å². The van der Waals surface area contributed by atoms with Crippen molar-refractivity contribution in [1.29, 1.82) is 0 Å². The number of hydrogen-bond donors (Lipinski definition) is 1. The van der Waals surface area contributed by atoms with Gasteiger partial charge in [-0.05, 0) is 5.16 Å². The normalized spacial score (nSPS) is 14.6. The van der Waals surface area contributed by atoms with Crippen molar-refractivity contribution in [1.82, 2.24) is 15.2 Å². The highest BCUT2D eigenvalue weighted by Crippen LogP contribution is 2.18. The topological polar surface area (TPSA) is 96.5 Å². The first-order valence-corrected chi connectivity index (χ1v) is 4.01. The van der Waals surface area contributed by atoms with E-state index in [1.165, 1.54) is 4.90 Å². The molecule has 7 heteroatoms. The van der Waals surface area contributed by atoms with Gasteiger partial charge in [-0.3, -0.25) is 9.59 Å². The van der Waals surface area contributed by atoms with Crippen molar-refractivity contribution in [3.8, 4) is 0 Å². The summed E-state index contributed by atoms with van der Waals surface area (Å²) in [6.45, 7) is 0.456. The maximum atomic E-state index is 11.4. The molecule has 14 heavy (non-hydrogen) atoms. The van der Waals surface area contributed by atoms with Gasteiger partial charge < -0.3 is 10.0 Å². The van der Waals surface area contributed by atoms with Gasteiger partial charge >= 0.3 is 5.97 Å². The highest BCUT2D eigenvalue weighted by Gasteiger charge is 2.32. The van der Waals surface area contributed by atoms with E-state index in [-0.39, 0.29) is 31.1 Å². The molecule has 0 aromatic carbocycles. The second-order valence-electron chi connectivity index (χ2n) is 2.93. The van der Waals surface area contributed by atoms with Crippen LogP contribution in [-0.2, 0) is 11.3 Å². The minimum Gasteiger partial charge on any atom is -0.481 e. The molecule has 0 saturated heterocycles. The van der Waals surface area contributed by atoms with Crippen LogP contribution in [0.25, 0.3) is 0 Å². The molecule has 1 aromatic rings. The van der Waals surface area contributed by atoms with Crippen molar-refractivity contribution < 1.29 is 19.3 Å². The zero-order valence-electron chi connectivity index (χ0n) is 7.13. The summed E-state index contributed by atoms with van der Waals surface area (Å²) in [6.07, 6.45) is -0.0762. The van der Waals surface area contributed by atoms with Gasteiger partial charge in [-0.15, -0.1) is 0 Å². The van der Waals surface area contributed by atoms with E-state index < -0.39 is 5.97 Å². The van der Waals surface area contributed by atoms with Crippen LogP contribution in [0, 0.1) is 0 Å². The lowest BCUT2D eigenvalue weighted by Gasteiger charge is -2.12. The van der Waals surface area contributed by atoms with E-state index in [0.717, 1.165) is 0 Å². The molecule has 1 amide bonds. The minimum atomic E-state index is -0.935. The standard InChI is InChI=1S/C7H7N3O4/c11-5(12)1-2-10-3-4-6(7(10)13)9-14-8-4/h1-3H2,(H,11,12). The van der Waals surface area contributed by atoms with Gasteiger partial charge in [0.25, 0.3) is 5.91 Å². The van der Waals surface area contributed by atoms with E-state index in [9.17, 15) is 9.59 Å². The van der Waals surface area contributed by atoms with Crippen molar-refractivity contribution in [2.75, 3.05) is 6.54 Å². The van der Waals surface area contributed by atoms with Crippen LogP contribution < -0.4 is 0 Å². The maximum Gasteiger partial charge on any atom is 0.305 e. The largest absolute Gasteiger partial charge is 0.481 e. The first-order chi connectivity index (χ1) is 6.68. The van der Waals surface area contributed by atoms with Crippen LogP contribution in [-0.4, -0.2) is 38.7 Å². The van der Waals surface area contributed by atoms with Gasteiger partial charge in [0.05, 0.1) is 13.0 Å². The van der Waals surface area contributed by atoms with Crippen LogP contribution in [0.2, 0.25) is 0 Å². The molecule has 0 atom stereocenters. The van der Waals surface area contributed by atoms with Crippen molar-refractivity contribution in [2.24, 2.45) is 0 Å². The number of carboxylic acid groups (broad SMARTS) is 1. The quantitative estimate of drug-likeness (QED) is 0.701. The second kappa shape index (κ2) is 3.09. The number of aliphatic carboxylic acids is 1. The van der Waals surface area contributed by atoms with Gasteiger partial charge in [0, 0.05) is 6.54 Å². The summed E-state index contributed by atoms with van der Waals surface area (Å²) in [5, 5.41) is 15.4. The average molecular weight is 197 g/mol. The molecule has 74 valence electrons. The fraction of sp³-hybridized carbons (Fsp3) is 0.429. The Morgan fingerprint density at radius 3 is 3.00 bits per heavy atom. The molecule has 0 saturated carbocycles. The lowest BCUT2D eigenvalue weighted by Crippen LogP contribution is -2.27. The maximum absolute atomic E-state index is 11.4. The summed E-state index contributed by atoms with van der Waals surface area (Å²) < 4.78 is 4.37. The lowest BCUT2D eigenvalue weighted by atomic mass is 10.4. The summed E-state index contributed by atoms with van der Waals surface area (Å²) in [4.78, 5) is 23.1. The Morgan fingerprint density at radius 1 is 1.57 bits per heavy atom. The van der Waals surface area contributed by atoms with Gasteiger partial charge in [-0.25, -0.2) is 4.63 Å². The third-order valence-electron chi connectivity index (χ3n) is 1.98. The van der Waals surface area contributed by atoms with Crippen LogP contribution >= 0.6 is 0 Å². The summed E-state index contributed by atoms with van der Waals surface area (Å²) in [5.41, 5.74) is 0.663. The van der Waals surface area contributed by atoms with Crippen LogP contribution in [0.15, 0.2) is 4.63 Å². The van der Waals surface area contributed by atoms with E-state index >= 15 is 0 Å². The molecule has 2 heterocycles. The number of amides is 1. The second-order valence-corrected chi connectivity index (χ2v) is 2.93. The predicted octanol–water partition coefficient (Wildman–Crippen LogP) is -0.500. The van der Waals surface area contributed by atoms with Crippen LogP contribution in [0.1, 0.15) is 22.6 Å². The summed E-state index contributed by atoms with van der Waals surface area (Å²) in [6, 6.07) is 0. The number of aromatic nitrogens is 2. The summed E-state index contributed by atoms with van der Waals surface area (Å²) >= 11 is 0. The van der Waals surface area contributed by atoms with Crippen molar-refractivity contribution in [3.63, 3.8) is 0 Å². The third-order valence-corrected chi connectivity index (χ3v) is 1.98. The Kier molecular flexibility index (Phi) is 1.91. The number of rotatable bonds is 3. The molecule has 0 spiro atoms. The zero-order chi connectivity index (χ0) is 10.1. The van der Waals surface area contributed by atoms with Gasteiger partial charge in [0.1, 0.15) is 5.69 Å². The Morgan fingerprint density at radius 2 is 2.36 bits per heavy atom. The molecule has 0 fully saturated rings. The number of carbonyl (C=O) groups excluding carboxylic acids is 1. The van der Waals surface area contributed by atoms with Gasteiger partial charge in [0.2, 0.25) is 0 Å². The van der Waals surface area contributed by atoms with E-state index in [1.54, 1.807) is 0 Å². The zero-order valence-corrected chi connectivity index (χ0v) is 7.13. The predicted molar refractivity (Wildman–Crippen MR) is 41.3 cm³/mol. The highest BCUT2D eigenvalue weighted by molar-refractivity contribution is 5.95. The van der Waals surface area contributed by atoms with E-state index in [4.69, 9.17) is 5.11 Å². The van der Waals surface area contributed by atoms with E-state index in [2.05, 4.69) is 14.9 Å². The van der Waals surface area contributed by atoms with E-state index in [1.807, 2.05) is 0 Å². The Balaban J connectivity index is 2.03. The molecule has 2 rings (SSSR count). The molecule has 0 radical (unpaired) electrons. The van der Waals surface area contributed by atoms with Crippen LogP contribution in [0.4, 0.5) is 0 Å². The SMILES string of the molecule is O=C(O)CCN1Cc2nonc2C1=O. The molecule has 1 N–H and O–H groups in total. The van der Waals surface area contributed by atoms with Crippen molar-refractivity contribution in [3.05, 3.63) is 11.4 Å². The third kappa shape index (κ3) is 1.32. The Bertz CT molecular complexity index is 386. The van der Waals surface area contributed by atoms with E-state index in [0.29, 0.717) is 5.69 Å². The first kappa shape index (κ1) is 8.67. The Hall–Kier alpha value is -1.92. The fourth-order valence-corrected chi connectivity index (χ4v) is 1.29. The van der Waals surface area contributed by atoms with Gasteiger partial charge in [0.15, 0.2) is 5.69 Å². The lowest BCUT2D eigenvalue weighted by molar-refractivity contribution is -0.137. The molecule has 0 bridgehead atoms. The van der Waals surface area contributed by atoms with Crippen LogP contribution in [0.5, 0.6) is 0 Å². The number of carboxylic acids is 1.